The van der Waals surface area contributed by atoms with Crippen molar-refractivity contribution in [2.24, 2.45) is 0 Å². The SMILES string of the molecule is c1ccc2c(c1)ccc1c3ccc(N(c4ccc(-c5ccc6cnccc6c5)cc4)c4ccc5c(c4)sc4c6ccccc6ccc54)cc3sc21. The van der Waals surface area contributed by atoms with E-state index in [1.54, 1.807) is 0 Å². The summed E-state index contributed by atoms with van der Waals surface area (Å²) in [7, 11) is 0. The molecule has 0 aliphatic carbocycles. The molecule has 3 heterocycles. The summed E-state index contributed by atoms with van der Waals surface area (Å²) < 4.78 is 5.28. The number of benzene rings is 8. The van der Waals surface area contributed by atoms with E-state index in [-0.39, 0.29) is 0 Å². The van der Waals surface area contributed by atoms with Gasteiger partial charge in [0.05, 0.1) is 0 Å². The van der Waals surface area contributed by atoms with Crippen molar-refractivity contribution in [2.75, 3.05) is 4.90 Å². The molecule has 0 aliphatic heterocycles. The maximum absolute atomic E-state index is 4.29. The van der Waals surface area contributed by atoms with E-state index in [0.29, 0.717) is 0 Å². The highest BCUT2D eigenvalue weighted by Crippen LogP contribution is 2.45. The average molecular weight is 685 g/mol. The molecule has 4 heteroatoms. The lowest BCUT2D eigenvalue weighted by Gasteiger charge is -2.26. The number of pyridine rings is 1. The molecular weight excluding hydrogens is 657 g/mol. The van der Waals surface area contributed by atoms with Gasteiger partial charge < -0.3 is 4.90 Å². The van der Waals surface area contributed by atoms with Crippen LogP contribution in [-0.4, -0.2) is 4.98 Å². The van der Waals surface area contributed by atoms with Crippen molar-refractivity contribution in [3.05, 3.63) is 170 Å². The fourth-order valence-electron chi connectivity index (χ4n) is 7.78. The van der Waals surface area contributed by atoms with Crippen LogP contribution in [0.25, 0.3) is 83.8 Å². The first kappa shape index (κ1) is 28.7. The second-order valence-corrected chi connectivity index (χ2v) is 15.3. The van der Waals surface area contributed by atoms with Crippen LogP contribution in [0.5, 0.6) is 0 Å². The van der Waals surface area contributed by atoms with Crippen LogP contribution in [0, 0.1) is 0 Å². The quantitative estimate of drug-likeness (QED) is 0.183. The number of aromatic nitrogens is 1. The molecular formula is C47H28N2S2. The Hall–Kier alpha value is -6.07. The van der Waals surface area contributed by atoms with Crippen molar-refractivity contribution in [3.63, 3.8) is 0 Å². The Morgan fingerprint density at radius 2 is 0.902 bits per heavy atom. The van der Waals surface area contributed by atoms with Crippen molar-refractivity contribution < 1.29 is 0 Å². The van der Waals surface area contributed by atoms with Gasteiger partial charge in [0.2, 0.25) is 0 Å². The molecule has 11 rings (SSSR count). The minimum absolute atomic E-state index is 1.13. The van der Waals surface area contributed by atoms with Crippen molar-refractivity contribution in [3.8, 4) is 11.1 Å². The number of hydrogen-bond donors (Lipinski definition) is 0. The molecule has 8 aromatic carbocycles. The minimum Gasteiger partial charge on any atom is -0.310 e. The van der Waals surface area contributed by atoms with Gasteiger partial charge >= 0.3 is 0 Å². The molecule has 51 heavy (non-hydrogen) atoms. The fourth-order valence-corrected chi connectivity index (χ4v) is 10.3. The van der Waals surface area contributed by atoms with E-state index in [4.69, 9.17) is 0 Å². The van der Waals surface area contributed by atoms with E-state index in [9.17, 15) is 0 Å². The lowest BCUT2D eigenvalue weighted by Crippen LogP contribution is -2.09. The highest BCUT2D eigenvalue weighted by Gasteiger charge is 2.18. The number of thiophene rings is 2. The summed E-state index contributed by atoms with van der Waals surface area (Å²) in [5.74, 6) is 0. The standard InChI is InChI=1S/C47H28N2S2/c1-3-7-38-30(5-1)13-19-42-40-21-17-36(26-44(40)50-46(38)42)49(35-15-11-29(12-16-35)32-9-10-34-28-48-24-23-33(34)25-32)37-18-22-41-43-20-14-31-6-2-4-8-39(31)47(43)51-45(41)27-37/h1-28H. The third-order valence-corrected chi connectivity index (χ3v) is 12.7. The number of nitrogens with zero attached hydrogens (tertiary/aromatic N) is 2. The third-order valence-electron chi connectivity index (χ3n) is 10.3. The summed E-state index contributed by atoms with van der Waals surface area (Å²) in [4.78, 5) is 6.71. The van der Waals surface area contributed by atoms with Crippen molar-refractivity contribution >= 4 is 112 Å². The van der Waals surface area contributed by atoms with Gasteiger partial charge in [-0.2, -0.15) is 0 Å². The van der Waals surface area contributed by atoms with Crippen LogP contribution in [0.4, 0.5) is 17.1 Å². The van der Waals surface area contributed by atoms with E-state index < -0.39 is 0 Å². The van der Waals surface area contributed by atoms with E-state index in [1.807, 2.05) is 35.1 Å². The van der Waals surface area contributed by atoms with Crippen LogP contribution in [0.1, 0.15) is 0 Å². The zero-order chi connectivity index (χ0) is 33.5. The predicted molar refractivity (Wildman–Crippen MR) is 223 cm³/mol. The lowest BCUT2D eigenvalue weighted by molar-refractivity contribution is 1.30. The van der Waals surface area contributed by atoms with Gasteiger partial charge in [-0.05, 0) is 86.6 Å². The Bertz CT molecular complexity index is 3000. The summed E-state index contributed by atoms with van der Waals surface area (Å²) >= 11 is 3.78. The first-order valence-electron chi connectivity index (χ1n) is 17.2. The molecule has 2 nitrogen and oxygen atoms in total. The summed E-state index contributed by atoms with van der Waals surface area (Å²) in [5, 5.41) is 12.8. The molecule has 0 N–H and O–H groups in total. The number of rotatable bonds is 4. The number of fused-ring (bicyclic) bond motifs is 11. The van der Waals surface area contributed by atoms with Gasteiger partial charge in [-0.1, -0.05) is 109 Å². The zero-order valence-electron chi connectivity index (χ0n) is 27.4. The molecule has 0 saturated carbocycles. The van der Waals surface area contributed by atoms with Crippen LogP contribution in [-0.2, 0) is 0 Å². The smallest absolute Gasteiger partial charge is 0.0476 e. The normalized spacial score (nSPS) is 11.9. The molecule has 0 bridgehead atoms. The monoisotopic (exact) mass is 684 g/mol. The zero-order valence-corrected chi connectivity index (χ0v) is 29.0. The second-order valence-electron chi connectivity index (χ2n) is 13.2. The molecule has 0 unspecified atom stereocenters. The highest BCUT2D eigenvalue weighted by molar-refractivity contribution is 7.27. The molecule has 0 radical (unpaired) electrons. The predicted octanol–water partition coefficient (Wildman–Crippen LogP) is 14.4. The molecule has 0 fully saturated rings. The molecule has 0 aliphatic rings. The molecule has 3 aromatic heterocycles. The first-order chi connectivity index (χ1) is 25.2. The Morgan fingerprint density at radius 1 is 0.373 bits per heavy atom. The fraction of sp³-hybridized carbons (Fsp3) is 0. The molecule has 0 amide bonds. The minimum atomic E-state index is 1.13. The maximum atomic E-state index is 4.29. The van der Waals surface area contributed by atoms with Crippen LogP contribution < -0.4 is 4.90 Å². The van der Waals surface area contributed by atoms with Gasteiger partial charge in [0, 0.05) is 75.2 Å². The van der Waals surface area contributed by atoms with Gasteiger partial charge in [-0.15, -0.1) is 22.7 Å². The number of hydrogen-bond acceptors (Lipinski definition) is 4. The van der Waals surface area contributed by atoms with Gasteiger partial charge in [0.25, 0.3) is 0 Å². The van der Waals surface area contributed by atoms with Crippen LogP contribution in [0.3, 0.4) is 0 Å². The van der Waals surface area contributed by atoms with E-state index in [2.05, 4.69) is 168 Å². The lowest BCUT2D eigenvalue weighted by atomic mass is 10.0. The van der Waals surface area contributed by atoms with Crippen molar-refractivity contribution in [1.82, 2.24) is 4.98 Å². The van der Waals surface area contributed by atoms with Gasteiger partial charge in [-0.3, -0.25) is 4.98 Å². The van der Waals surface area contributed by atoms with E-state index in [0.717, 1.165) is 22.4 Å². The summed E-state index contributed by atoms with van der Waals surface area (Å²) in [6, 6.07) is 58.2. The van der Waals surface area contributed by atoms with Crippen LogP contribution in [0.15, 0.2) is 170 Å². The highest BCUT2D eigenvalue weighted by atomic mass is 32.1. The maximum Gasteiger partial charge on any atom is 0.0476 e. The summed E-state index contributed by atoms with van der Waals surface area (Å²) in [6.07, 6.45) is 3.78. The molecule has 0 atom stereocenters. The molecule has 0 spiro atoms. The molecule has 238 valence electrons. The van der Waals surface area contributed by atoms with E-state index in [1.165, 1.54) is 78.4 Å². The largest absolute Gasteiger partial charge is 0.310 e. The Balaban J connectivity index is 1.09. The second kappa shape index (κ2) is 11.2. The van der Waals surface area contributed by atoms with Crippen LogP contribution >= 0.6 is 22.7 Å². The van der Waals surface area contributed by atoms with Gasteiger partial charge in [0.15, 0.2) is 0 Å². The number of anilines is 3. The van der Waals surface area contributed by atoms with Gasteiger partial charge in [0.1, 0.15) is 0 Å². The molecule has 0 saturated heterocycles. The topological polar surface area (TPSA) is 16.1 Å². The Morgan fingerprint density at radius 3 is 1.53 bits per heavy atom. The third kappa shape index (κ3) is 4.58. The summed E-state index contributed by atoms with van der Waals surface area (Å²) in [5.41, 5.74) is 5.81. The van der Waals surface area contributed by atoms with E-state index >= 15 is 0 Å². The first-order valence-corrected chi connectivity index (χ1v) is 18.8. The Kier molecular flexibility index (Phi) is 6.32. The average Bonchev–Trinajstić information content (AvgIpc) is 3.76. The Labute approximate surface area is 302 Å². The molecule has 11 aromatic rings. The van der Waals surface area contributed by atoms with Crippen LogP contribution in [0.2, 0.25) is 0 Å². The van der Waals surface area contributed by atoms with Gasteiger partial charge in [-0.25, -0.2) is 0 Å². The summed E-state index contributed by atoms with van der Waals surface area (Å²) in [6.45, 7) is 0. The van der Waals surface area contributed by atoms with Crippen molar-refractivity contribution in [1.29, 1.82) is 0 Å². The van der Waals surface area contributed by atoms with Crippen molar-refractivity contribution in [2.45, 2.75) is 0 Å².